The number of esters is 1. The van der Waals surface area contributed by atoms with Crippen LogP contribution in [-0.2, 0) is 20.9 Å². The monoisotopic (exact) mass is 400 g/mol. The molecule has 1 aromatic heterocycles. The van der Waals surface area contributed by atoms with Gasteiger partial charge in [0.05, 0.1) is 17.3 Å². The van der Waals surface area contributed by atoms with Gasteiger partial charge in [-0.15, -0.1) is 11.8 Å². The molecule has 0 aliphatic rings. The topological polar surface area (TPSA) is 60.7 Å². The lowest BCUT2D eigenvalue weighted by Crippen LogP contribution is -2.22. The summed E-state index contributed by atoms with van der Waals surface area (Å²) in [6.07, 6.45) is 0.338. The summed E-state index contributed by atoms with van der Waals surface area (Å²) in [6, 6.07) is 15.9. The summed E-state index contributed by atoms with van der Waals surface area (Å²) in [6.45, 7) is 2.01. The minimum Gasteiger partial charge on any atom is -0.468 e. The molecule has 0 saturated carbocycles. The Balaban J connectivity index is 1.83. The molecule has 3 rings (SSSR count). The molecular weight excluding hydrogens is 380 g/mol. The van der Waals surface area contributed by atoms with Gasteiger partial charge in [0.2, 0.25) is 5.91 Å². The minimum absolute atomic E-state index is 0.0340. The molecule has 0 fully saturated rings. The van der Waals surface area contributed by atoms with E-state index in [-0.39, 0.29) is 18.4 Å². The summed E-state index contributed by atoms with van der Waals surface area (Å²) in [4.78, 5) is 30.1. The van der Waals surface area contributed by atoms with Gasteiger partial charge in [0.25, 0.3) is 0 Å². The molecule has 0 bridgehead atoms. The molecule has 3 aromatic rings. The average molecular weight is 401 g/mol. The van der Waals surface area contributed by atoms with Gasteiger partial charge >= 0.3 is 5.97 Å². The normalized spacial score (nSPS) is 11.7. The second kappa shape index (κ2) is 9.01. The summed E-state index contributed by atoms with van der Waals surface area (Å²) in [5.41, 5.74) is 1.94. The lowest BCUT2D eigenvalue weighted by molar-refractivity contribution is -0.141. The van der Waals surface area contributed by atoms with Gasteiger partial charge in [-0.3, -0.25) is 9.59 Å². The number of methoxy groups -OCH3 is 1. The number of fused-ring (bicyclic) bond motifs is 1. The van der Waals surface area contributed by atoms with Gasteiger partial charge in [-0.1, -0.05) is 41.7 Å². The fourth-order valence-corrected chi connectivity index (χ4v) is 4.66. The minimum atomic E-state index is -0.369. The van der Waals surface area contributed by atoms with Gasteiger partial charge < -0.3 is 9.30 Å². The molecule has 2 aromatic carbocycles. The fraction of sp³-hybridized carbons (Fsp3) is 0.250. The van der Waals surface area contributed by atoms with Crippen molar-refractivity contribution in [2.75, 3.05) is 12.9 Å². The van der Waals surface area contributed by atoms with Crippen molar-refractivity contribution in [2.45, 2.75) is 24.8 Å². The number of thioether (sulfide) groups is 1. The van der Waals surface area contributed by atoms with E-state index in [1.54, 1.807) is 16.3 Å². The molecule has 140 valence electrons. The number of hydrogen-bond donors (Lipinski definition) is 0. The Morgan fingerprint density at radius 1 is 1.15 bits per heavy atom. The van der Waals surface area contributed by atoms with Gasteiger partial charge in [-0.05, 0) is 30.7 Å². The first-order chi connectivity index (χ1) is 13.1. The van der Waals surface area contributed by atoms with E-state index in [0.717, 1.165) is 20.7 Å². The number of carbonyl (C=O) groups excluding carboxylic acids is 2. The highest BCUT2D eigenvalue weighted by Gasteiger charge is 2.13. The Morgan fingerprint density at radius 2 is 1.93 bits per heavy atom. The van der Waals surface area contributed by atoms with E-state index in [9.17, 15) is 9.59 Å². The number of rotatable bonds is 6. The highest BCUT2D eigenvalue weighted by Crippen LogP contribution is 2.21. The molecule has 0 unspecified atom stereocenters. The van der Waals surface area contributed by atoms with E-state index in [1.807, 2.05) is 55.5 Å². The standard InChI is InChI=1S/C20H20N2O3S2/c1-14-7-6-10-16-19(14)22(13-18(24)25-2)20(27-16)21-17(23)11-12-26-15-8-4-3-5-9-15/h3-10H,11-13H2,1-2H3. The van der Waals surface area contributed by atoms with Crippen LogP contribution in [0.4, 0.5) is 0 Å². The van der Waals surface area contributed by atoms with Crippen molar-refractivity contribution in [3.05, 3.63) is 58.9 Å². The number of carbonyl (C=O) groups is 2. The number of aromatic nitrogens is 1. The van der Waals surface area contributed by atoms with E-state index in [0.29, 0.717) is 17.0 Å². The predicted octanol–water partition coefficient (Wildman–Crippen LogP) is 3.79. The molecule has 1 heterocycles. The van der Waals surface area contributed by atoms with Gasteiger partial charge in [0, 0.05) is 17.1 Å². The van der Waals surface area contributed by atoms with E-state index in [1.165, 1.54) is 18.4 Å². The summed E-state index contributed by atoms with van der Waals surface area (Å²) < 4.78 is 7.56. The van der Waals surface area contributed by atoms with Crippen molar-refractivity contribution < 1.29 is 14.3 Å². The molecule has 1 amide bonds. The zero-order chi connectivity index (χ0) is 19.2. The molecule has 0 spiro atoms. The first-order valence-electron chi connectivity index (χ1n) is 8.49. The van der Waals surface area contributed by atoms with Crippen LogP contribution in [0.25, 0.3) is 10.2 Å². The third-order valence-electron chi connectivity index (χ3n) is 3.97. The van der Waals surface area contributed by atoms with Crippen molar-refractivity contribution >= 4 is 45.2 Å². The van der Waals surface area contributed by atoms with Gasteiger partial charge in [0.15, 0.2) is 4.80 Å². The van der Waals surface area contributed by atoms with Crippen LogP contribution in [0.1, 0.15) is 12.0 Å². The summed E-state index contributed by atoms with van der Waals surface area (Å²) in [7, 11) is 1.35. The third-order valence-corrected chi connectivity index (χ3v) is 6.02. The number of thiazole rings is 1. The lowest BCUT2D eigenvalue weighted by Gasteiger charge is -2.05. The molecule has 0 saturated heterocycles. The highest BCUT2D eigenvalue weighted by atomic mass is 32.2. The largest absolute Gasteiger partial charge is 0.468 e. The molecule has 27 heavy (non-hydrogen) atoms. The number of hydrogen-bond acceptors (Lipinski definition) is 5. The van der Waals surface area contributed by atoms with Crippen molar-refractivity contribution in [1.29, 1.82) is 0 Å². The zero-order valence-corrected chi connectivity index (χ0v) is 16.8. The average Bonchev–Trinajstić information content (AvgIpc) is 3.00. The number of amides is 1. The van der Waals surface area contributed by atoms with E-state index < -0.39 is 0 Å². The van der Waals surface area contributed by atoms with Crippen LogP contribution in [-0.4, -0.2) is 29.3 Å². The van der Waals surface area contributed by atoms with Gasteiger partial charge in [-0.25, -0.2) is 0 Å². The highest BCUT2D eigenvalue weighted by molar-refractivity contribution is 7.99. The molecule has 0 N–H and O–H groups in total. The Hall–Kier alpha value is -2.38. The van der Waals surface area contributed by atoms with Gasteiger partial charge in [0.1, 0.15) is 6.54 Å². The summed E-state index contributed by atoms with van der Waals surface area (Å²) >= 11 is 3.04. The van der Waals surface area contributed by atoms with Crippen LogP contribution in [0.2, 0.25) is 0 Å². The van der Waals surface area contributed by atoms with Crippen LogP contribution in [0.15, 0.2) is 58.4 Å². The summed E-state index contributed by atoms with van der Waals surface area (Å²) in [5.74, 6) is 0.0977. The first kappa shape index (κ1) is 19.4. The molecule has 0 aliphatic carbocycles. The number of nitrogens with zero attached hydrogens (tertiary/aromatic N) is 2. The van der Waals surface area contributed by atoms with Crippen LogP contribution in [0, 0.1) is 6.92 Å². The van der Waals surface area contributed by atoms with Crippen LogP contribution < -0.4 is 4.80 Å². The van der Waals surface area contributed by atoms with E-state index >= 15 is 0 Å². The molecule has 7 heteroatoms. The molecule has 0 aliphatic heterocycles. The van der Waals surface area contributed by atoms with Crippen molar-refractivity contribution in [3.8, 4) is 0 Å². The Morgan fingerprint density at radius 3 is 2.67 bits per heavy atom. The SMILES string of the molecule is COC(=O)Cn1c(=NC(=O)CCSc2ccccc2)sc2cccc(C)c21. The predicted molar refractivity (Wildman–Crippen MR) is 109 cm³/mol. The second-order valence-corrected chi connectivity index (χ2v) is 8.06. The van der Waals surface area contributed by atoms with Crippen molar-refractivity contribution in [3.63, 3.8) is 0 Å². The lowest BCUT2D eigenvalue weighted by atomic mass is 10.2. The molecule has 0 radical (unpaired) electrons. The van der Waals surface area contributed by atoms with E-state index in [4.69, 9.17) is 4.74 Å². The molecule has 0 atom stereocenters. The van der Waals surface area contributed by atoms with Crippen LogP contribution >= 0.6 is 23.1 Å². The smallest absolute Gasteiger partial charge is 0.325 e. The fourth-order valence-electron chi connectivity index (χ4n) is 2.67. The third kappa shape index (κ3) is 4.87. The number of para-hydroxylation sites is 1. The maximum Gasteiger partial charge on any atom is 0.325 e. The molecular formula is C20H20N2O3S2. The molecule has 5 nitrogen and oxygen atoms in total. The summed E-state index contributed by atoms with van der Waals surface area (Å²) in [5, 5.41) is 0. The Kier molecular flexibility index (Phi) is 6.47. The maximum atomic E-state index is 12.4. The van der Waals surface area contributed by atoms with Crippen LogP contribution in [0.3, 0.4) is 0 Å². The zero-order valence-electron chi connectivity index (χ0n) is 15.2. The van der Waals surface area contributed by atoms with Gasteiger partial charge in [-0.2, -0.15) is 4.99 Å². The Labute approximate surface area is 165 Å². The van der Waals surface area contributed by atoms with Crippen LogP contribution in [0.5, 0.6) is 0 Å². The number of aryl methyl sites for hydroxylation is 1. The van der Waals surface area contributed by atoms with Crippen molar-refractivity contribution in [2.24, 2.45) is 4.99 Å². The maximum absolute atomic E-state index is 12.4. The van der Waals surface area contributed by atoms with E-state index in [2.05, 4.69) is 4.99 Å². The first-order valence-corrected chi connectivity index (χ1v) is 10.3. The quantitative estimate of drug-likeness (QED) is 0.466. The second-order valence-electron chi connectivity index (χ2n) is 5.89. The number of benzene rings is 2. The van der Waals surface area contributed by atoms with Crippen molar-refractivity contribution in [1.82, 2.24) is 4.57 Å². The Bertz CT molecular complexity index is 1020. The number of ether oxygens (including phenoxy) is 1.